The van der Waals surface area contributed by atoms with Gasteiger partial charge < -0.3 is 19.7 Å². The van der Waals surface area contributed by atoms with Gasteiger partial charge in [-0.15, -0.1) is 0 Å². The Morgan fingerprint density at radius 2 is 1.78 bits per heavy atom. The number of fused-ring (bicyclic) bond motifs is 3. The highest BCUT2D eigenvalue weighted by atomic mass is 16.5. The zero-order valence-electron chi connectivity index (χ0n) is 19.6. The molecule has 0 aliphatic carbocycles. The van der Waals surface area contributed by atoms with E-state index < -0.39 is 11.9 Å². The lowest BCUT2D eigenvalue weighted by molar-refractivity contribution is -0.128. The minimum Gasteiger partial charge on any atom is -0.478 e. The molecule has 3 aromatic carbocycles. The highest BCUT2D eigenvalue weighted by molar-refractivity contribution is 5.94. The Kier molecular flexibility index (Phi) is 6.12. The number of carboxylic acids is 1. The molecule has 7 heteroatoms. The standard InChI is InChI=1S/C29H24N2O5/c1-36-29(35)20-12-10-19(11-13-20)27-26-23(22-7-2-3-8-24(22)30-26)15-16-31(27)25(32)14-9-18-5-4-6-21(17-18)28(33)34/h2-14,17,27,30H,15-16H2,1H3,(H,33,34)/b14-9+. The Balaban J connectivity index is 1.53. The summed E-state index contributed by atoms with van der Waals surface area (Å²) in [6.45, 7) is 0.511. The van der Waals surface area contributed by atoms with Crippen LogP contribution in [0.25, 0.3) is 17.0 Å². The van der Waals surface area contributed by atoms with Gasteiger partial charge in [0.15, 0.2) is 0 Å². The predicted molar refractivity (Wildman–Crippen MR) is 136 cm³/mol. The van der Waals surface area contributed by atoms with E-state index in [2.05, 4.69) is 11.1 Å². The summed E-state index contributed by atoms with van der Waals surface area (Å²) in [7, 11) is 1.34. The predicted octanol–water partition coefficient (Wildman–Crippen LogP) is 4.84. The average Bonchev–Trinajstić information content (AvgIpc) is 3.29. The van der Waals surface area contributed by atoms with Crippen molar-refractivity contribution in [1.82, 2.24) is 9.88 Å². The number of aromatic carboxylic acids is 1. The van der Waals surface area contributed by atoms with Gasteiger partial charge in [0, 0.05) is 29.2 Å². The molecule has 0 fully saturated rings. The van der Waals surface area contributed by atoms with E-state index in [0.29, 0.717) is 24.1 Å². The van der Waals surface area contributed by atoms with Gasteiger partial charge in [0.25, 0.3) is 0 Å². The zero-order valence-corrected chi connectivity index (χ0v) is 19.6. The van der Waals surface area contributed by atoms with E-state index in [9.17, 15) is 19.5 Å². The molecule has 0 saturated heterocycles. The van der Waals surface area contributed by atoms with E-state index in [-0.39, 0.29) is 17.5 Å². The van der Waals surface area contributed by atoms with Gasteiger partial charge in [0.05, 0.1) is 24.3 Å². The van der Waals surface area contributed by atoms with Crippen LogP contribution < -0.4 is 0 Å². The molecule has 5 rings (SSSR count). The van der Waals surface area contributed by atoms with Crippen molar-refractivity contribution in [2.45, 2.75) is 12.5 Å². The van der Waals surface area contributed by atoms with Crippen LogP contribution in [-0.2, 0) is 16.0 Å². The van der Waals surface area contributed by atoms with E-state index in [4.69, 9.17) is 4.74 Å². The molecule has 1 unspecified atom stereocenters. The van der Waals surface area contributed by atoms with Crippen LogP contribution in [0.2, 0.25) is 0 Å². The van der Waals surface area contributed by atoms with Gasteiger partial charge in [0.1, 0.15) is 0 Å². The van der Waals surface area contributed by atoms with Crippen LogP contribution in [0.3, 0.4) is 0 Å². The number of H-pyrrole nitrogens is 1. The van der Waals surface area contributed by atoms with Crippen LogP contribution in [0.1, 0.15) is 49.1 Å². The number of esters is 1. The first-order chi connectivity index (χ1) is 17.5. The summed E-state index contributed by atoms with van der Waals surface area (Å²) in [5.41, 5.74) is 5.22. The molecule has 0 radical (unpaired) electrons. The molecular weight excluding hydrogens is 456 g/mol. The molecule has 7 nitrogen and oxygen atoms in total. The molecule has 0 spiro atoms. The number of rotatable bonds is 5. The van der Waals surface area contributed by atoms with Crippen LogP contribution in [0, 0.1) is 0 Å². The van der Waals surface area contributed by atoms with Crippen LogP contribution in [0.5, 0.6) is 0 Å². The maximum Gasteiger partial charge on any atom is 0.337 e. The first-order valence-corrected chi connectivity index (χ1v) is 11.6. The lowest BCUT2D eigenvalue weighted by Crippen LogP contribution is -2.39. The van der Waals surface area contributed by atoms with Crippen molar-refractivity contribution >= 4 is 34.8 Å². The van der Waals surface area contributed by atoms with Gasteiger partial charge in [0.2, 0.25) is 5.91 Å². The molecule has 1 aromatic heterocycles. The molecule has 2 N–H and O–H groups in total. The molecule has 4 aromatic rings. The summed E-state index contributed by atoms with van der Waals surface area (Å²) < 4.78 is 4.82. The van der Waals surface area contributed by atoms with E-state index in [1.54, 1.807) is 35.2 Å². The second-order valence-electron chi connectivity index (χ2n) is 8.62. The van der Waals surface area contributed by atoms with Crippen molar-refractivity contribution in [2.24, 2.45) is 0 Å². The van der Waals surface area contributed by atoms with Crippen LogP contribution in [-0.4, -0.2) is 46.5 Å². The van der Waals surface area contributed by atoms with Gasteiger partial charge in [-0.05, 0) is 59.5 Å². The van der Waals surface area contributed by atoms with Gasteiger partial charge in [-0.2, -0.15) is 0 Å². The van der Waals surface area contributed by atoms with Crippen molar-refractivity contribution in [3.63, 3.8) is 0 Å². The number of para-hydroxylation sites is 1. The van der Waals surface area contributed by atoms with Crippen LogP contribution in [0.4, 0.5) is 0 Å². The van der Waals surface area contributed by atoms with Gasteiger partial charge in [-0.1, -0.05) is 42.5 Å². The highest BCUT2D eigenvalue weighted by Crippen LogP contribution is 2.38. The first kappa shape index (κ1) is 23.1. The topological polar surface area (TPSA) is 99.7 Å². The number of carbonyl (C=O) groups excluding carboxylic acids is 2. The molecule has 1 amide bonds. The van der Waals surface area contributed by atoms with E-state index in [1.165, 1.54) is 30.9 Å². The Bertz CT molecular complexity index is 1500. The number of carbonyl (C=O) groups is 3. The first-order valence-electron chi connectivity index (χ1n) is 11.6. The fraction of sp³-hybridized carbons (Fsp3) is 0.138. The van der Waals surface area contributed by atoms with Crippen molar-refractivity contribution < 1.29 is 24.2 Å². The fourth-order valence-corrected chi connectivity index (χ4v) is 4.78. The molecule has 180 valence electrons. The number of ether oxygens (including phenoxy) is 1. The number of aromatic amines is 1. The number of hydrogen-bond donors (Lipinski definition) is 2. The van der Waals surface area contributed by atoms with Gasteiger partial charge >= 0.3 is 11.9 Å². The number of benzene rings is 3. The zero-order chi connectivity index (χ0) is 25.2. The SMILES string of the molecule is COC(=O)c1ccc(C2c3[nH]c4ccccc4c3CCN2C(=O)/C=C/c2cccc(C(=O)O)c2)cc1. The highest BCUT2D eigenvalue weighted by Gasteiger charge is 2.33. The monoisotopic (exact) mass is 480 g/mol. The third kappa shape index (κ3) is 4.27. The molecule has 2 heterocycles. The van der Waals surface area contributed by atoms with Crippen LogP contribution >= 0.6 is 0 Å². The number of amides is 1. The van der Waals surface area contributed by atoms with Crippen molar-refractivity contribution in [1.29, 1.82) is 0 Å². The van der Waals surface area contributed by atoms with E-state index >= 15 is 0 Å². The maximum atomic E-state index is 13.5. The minimum absolute atomic E-state index is 0.161. The molecule has 1 atom stereocenters. The summed E-state index contributed by atoms with van der Waals surface area (Å²) >= 11 is 0. The average molecular weight is 481 g/mol. The summed E-state index contributed by atoms with van der Waals surface area (Å²) in [5.74, 6) is -1.63. The Morgan fingerprint density at radius 1 is 1.00 bits per heavy atom. The summed E-state index contributed by atoms with van der Waals surface area (Å²) in [6.07, 6.45) is 3.81. The minimum atomic E-state index is -1.02. The van der Waals surface area contributed by atoms with E-state index in [1.807, 2.05) is 30.3 Å². The van der Waals surface area contributed by atoms with Gasteiger partial charge in [-0.3, -0.25) is 4.79 Å². The number of carboxylic acid groups (broad SMARTS) is 1. The number of aromatic nitrogens is 1. The smallest absolute Gasteiger partial charge is 0.337 e. The molecule has 1 aliphatic heterocycles. The Hall–Kier alpha value is -4.65. The number of nitrogens with one attached hydrogen (secondary N) is 1. The molecule has 36 heavy (non-hydrogen) atoms. The summed E-state index contributed by atoms with van der Waals surface area (Å²) in [6, 6.07) is 21.2. The lowest BCUT2D eigenvalue weighted by Gasteiger charge is -2.35. The van der Waals surface area contributed by atoms with Crippen LogP contribution in [0.15, 0.2) is 78.9 Å². The second-order valence-corrected chi connectivity index (χ2v) is 8.62. The number of hydrogen-bond acceptors (Lipinski definition) is 4. The molecular formula is C29H24N2O5. The third-order valence-corrected chi connectivity index (χ3v) is 6.52. The largest absolute Gasteiger partial charge is 0.478 e. The second kappa shape index (κ2) is 9.54. The Labute approximate surface area is 207 Å². The molecule has 0 saturated carbocycles. The Morgan fingerprint density at radius 3 is 2.53 bits per heavy atom. The summed E-state index contributed by atoms with van der Waals surface area (Å²) in [4.78, 5) is 42.0. The normalized spacial score (nSPS) is 15.1. The molecule has 0 bridgehead atoms. The number of methoxy groups -OCH3 is 1. The van der Waals surface area contributed by atoms with Crippen molar-refractivity contribution in [2.75, 3.05) is 13.7 Å². The fourth-order valence-electron chi connectivity index (χ4n) is 4.78. The number of nitrogens with zero attached hydrogens (tertiary/aromatic N) is 1. The quantitative estimate of drug-likeness (QED) is 0.315. The lowest BCUT2D eigenvalue weighted by atomic mass is 9.91. The molecule has 1 aliphatic rings. The van der Waals surface area contributed by atoms with Gasteiger partial charge in [-0.25, -0.2) is 9.59 Å². The third-order valence-electron chi connectivity index (χ3n) is 6.52. The maximum absolute atomic E-state index is 13.5. The summed E-state index contributed by atoms with van der Waals surface area (Å²) in [5, 5.41) is 10.4. The van der Waals surface area contributed by atoms with Crippen molar-refractivity contribution in [3.05, 3.63) is 112 Å². The van der Waals surface area contributed by atoms with Crippen molar-refractivity contribution in [3.8, 4) is 0 Å². The van der Waals surface area contributed by atoms with E-state index in [0.717, 1.165) is 22.2 Å².